The highest BCUT2D eigenvalue weighted by molar-refractivity contribution is 5.79. The summed E-state index contributed by atoms with van der Waals surface area (Å²) < 4.78 is 37.2. The van der Waals surface area contributed by atoms with E-state index in [-0.39, 0.29) is 0 Å². The van der Waals surface area contributed by atoms with Crippen LogP contribution in [0.2, 0.25) is 0 Å². The molecule has 94 valence electrons. The van der Waals surface area contributed by atoms with Crippen molar-refractivity contribution in [1.82, 2.24) is 0 Å². The Labute approximate surface area is 98.1 Å². The summed E-state index contributed by atoms with van der Waals surface area (Å²) in [5.74, 6) is 0. The Morgan fingerprint density at radius 3 is 2.35 bits per heavy atom. The zero-order valence-electron chi connectivity index (χ0n) is 9.88. The van der Waals surface area contributed by atoms with E-state index in [9.17, 15) is 13.2 Å². The van der Waals surface area contributed by atoms with Gasteiger partial charge in [0.05, 0.1) is 11.8 Å². The van der Waals surface area contributed by atoms with Crippen LogP contribution in [0.5, 0.6) is 0 Å². The van der Waals surface area contributed by atoms with Crippen molar-refractivity contribution >= 4 is 6.21 Å². The van der Waals surface area contributed by atoms with Crippen molar-refractivity contribution < 1.29 is 18.0 Å². The lowest BCUT2D eigenvalue weighted by atomic mass is 10.1. The van der Waals surface area contributed by atoms with Crippen LogP contribution in [0.25, 0.3) is 0 Å². The molecule has 0 atom stereocenters. The summed E-state index contributed by atoms with van der Waals surface area (Å²) in [5.41, 5.74) is -0.806. The van der Waals surface area contributed by atoms with E-state index >= 15 is 0 Å². The molecule has 5 heteroatoms. The number of rotatable bonds is 2. The molecular weight excluding hydrogens is 231 g/mol. The number of alkyl halides is 3. The first-order chi connectivity index (χ1) is 7.68. The second-order valence-electron chi connectivity index (χ2n) is 4.56. The molecule has 2 nitrogen and oxygen atoms in total. The van der Waals surface area contributed by atoms with E-state index in [1.165, 1.54) is 18.3 Å². The van der Waals surface area contributed by atoms with Crippen LogP contribution in [0.3, 0.4) is 0 Å². The molecular formula is C12H14F3NO. The van der Waals surface area contributed by atoms with Crippen LogP contribution in [-0.4, -0.2) is 11.8 Å². The molecule has 1 aromatic rings. The average molecular weight is 245 g/mol. The van der Waals surface area contributed by atoms with Crippen molar-refractivity contribution in [1.29, 1.82) is 0 Å². The summed E-state index contributed by atoms with van der Waals surface area (Å²) in [6.45, 7) is 5.41. The molecule has 0 unspecified atom stereocenters. The first kappa shape index (κ1) is 13.5. The largest absolute Gasteiger partial charge is 0.416 e. The molecule has 0 aliphatic heterocycles. The molecule has 0 bridgehead atoms. The molecule has 0 N–H and O–H groups in total. The second kappa shape index (κ2) is 4.77. The van der Waals surface area contributed by atoms with Gasteiger partial charge in [0.1, 0.15) is 5.60 Å². The summed E-state index contributed by atoms with van der Waals surface area (Å²) in [6, 6.07) is 4.91. The van der Waals surface area contributed by atoms with Crippen molar-refractivity contribution in [3.05, 3.63) is 35.4 Å². The quantitative estimate of drug-likeness (QED) is 0.572. The van der Waals surface area contributed by atoms with E-state index in [0.29, 0.717) is 5.56 Å². The second-order valence-corrected chi connectivity index (χ2v) is 4.56. The lowest BCUT2D eigenvalue weighted by Gasteiger charge is -2.14. The van der Waals surface area contributed by atoms with E-state index in [2.05, 4.69) is 5.16 Å². The van der Waals surface area contributed by atoms with E-state index < -0.39 is 17.3 Å². The molecule has 17 heavy (non-hydrogen) atoms. The highest BCUT2D eigenvalue weighted by Gasteiger charge is 2.30. The maximum absolute atomic E-state index is 12.4. The van der Waals surface area contributed by atoms with Gasteiger partial charge in [-0.3, -0.25) is 0 Å². The van der Waals surface area contributed by atoms with E-state index in [4.69, 9.17) is 4.84 Å². The molecule has 0 aliphatic carbocycles. The molecule has 1 rings (SSSR count). The fourth-order valence-corrected chi connectivity index (χ4v) is 1.04. The van der Waals surface area contributed by atoms with Gasteiger partial charge in [0.15, 0.2) is 0 Å². The van der Waals surface area contributed by atoms with Gasteiger partial charge in [-0.25, -0.2) is 0 Å². The summed E-state index contributed by atoms with van der Waals surface area (Å²) >= 11 is 0. The number of hydrogen-bond donors (Lipinski definition) is 0. The van der Waals surface area contributed by atoms with E-state index in [1.807, 2.05) is 0 Å². The third-order valence-corrected chi connectivity index (χ3v) is 1.74. The van der Waals surface area contributed by atoms with Gasteiger partial charge >= 0.3 is 6.18 Å². The minimum atomic E-state index is -4.34. The third-order valence-electron chi connectivity index (χ3n) is 1.74. The fraction of sp³-hybridized carbons (Fsp3) is 0.417. The smallest absolute Gasteiger partial charge is 0.390 e. The summed E-state index contributed by atoms with van der Waals surface area (Å²) in [4.78, 5) is 5.05. The lowest BCUT2D eigenvalue weighted by Crippen LogP contribution is -2.15. The van der Waals surface area contributed by atoms with Crippen LogP contribution in [0.15, 0.2) is 29.4 Å². The molecule has 0 spiro atoms. The standard InChI is InChI=1S/C12H14F3NO/c1-11(2,3)17-16-8-9-5-4-6-10(7-9)12(13,14)15/h4-8H,1-3H3. The van der Waals surface area contributed by atoms with Crippen LogP contribution in [-0.2, 0) is 11.0 Å². The van der Waals surface area contributed by atoms with Crippen LogP contribution in [0.4, 0.5) is 13.2 Å². The van der Waals surface area contributed by atoms with E-state index in [0.717, 1.165) is 12.1 Å². The van der Waals surface area contributed by atoms with Crippen molar-refractivity contribution in [3.8, 4) is 0 Å². The molecule has 1 aromatic carbocycles. The Morgan fingerprint density at radius 2 is 1.82 bits per heavy atom. The van der Waals surface area contributed by atoms with Crippen molar-refractivity contribution in [2.45, 2.75) is 32.5 Å². The van der Waals surface area contributed by atoms with Crippen LogP contribution < -0.4 is 0 Å². The minimum Gasteiger partial charge on any atom is -0.390 e. The first-order valence-corrected chi connectivity index (χ1v) is 5.07. The topological polar surface area (TPSA) is 21.6 Å². The van der Waals surface area contributed by atoms with Crippen molar-refractivity contribution in [2.75, 3.05) is 0 Å². The molecule has 0 fully saturated rings. The number of benzene rings is 1. The van der Waals surface area contributed by atoms with Gasteiger partial charge in [0.2, 0.25) is 0 Å². The van der Waals surface area contributed by atoms with Crippen LogP contribution in [0.1, 0.15) is 31.9 Å². The van der Waals surface area contributed by atoms with Crippen molar-refractivity contribution in [2.24, 2.45) is 5.16 Å². The maximum Gasteiger partial charge on any atom is 0.416 e. The minimum absolute atomic E-state index is 0.351. The lowest BCUT2D eigenvalue weighted by molar-refractivity contribution is -0.137. The molecule has 0 saturated heterocycles. The Hall–Kier alpha value is -1.52. The Bertz CT molecular complexity index is 405. The van der Waals surface area contributed by atoms with Gasteiger partial charge in [-0.1, -0.05) is 17.3 Å². The highest BCUT2D eigenvalue weighted by Crippen LogP contribution is 2.29. The van der Waals surface area contributed by atoms with Gasteiger partial charge in [0, 0.05) is 0 Å². The molecule has 0 saturated carbocycles. The first-order valence-electron chi connectivity index (χ1n) is 5.07. The summed E-state index contributed by atoms with van der Waals surface area (Å²) in [5, 5.41) is 3.64. The van der Waals surface area contributed by atoms with Crippen molar-refractivity contribution in [3.63, 3.8) is 0 Å². The average Bonchev–Trinajstić information content (AvgIpc) is 2.15. The molecule has 0 heterocycles. The predicted octanol–water partition coefficient (Wildman–Crippen LogP) is 3.85. The molecule has 0 aliphatic rings. The normalized spacial score (nSPS) is 13.1. The molecule has 0 radical (unpaired) electrons. The van der Waals surface area contributed by atoms with E-state index in [1.54, 1.807) is 20.8 Å². The Balaban J connectivity index is 2.80. The van der Waals surface area contributed by atoms with Gasteiger partial charge < -0.3 is 4.84 Å². The highest BCUT2D eigenvalue weighted by atomic mass is 19.4. The number of nitrogens with zero attached hydrogens (tertiary/aromatic N) is 1. The molecule has 0 aromatic heterocycles. The zero-order chi connectivity index (χ0) is 13.1. The summed E-state index contributed by atoms with van der Waals surface area (Å²) in [7, 11) is 0. The third kappa shape index (κ3) is 4.89. The van der Waals surface area contributed by atoms with Gasteiger partial charge in [0.25, 0.3) is 0 Å². The predicted molar refractivity (Wildman–Crippen MR) is 59.9 cm³/mol. The number of halogens is 3. The van der Waals surface area contributed by atoms with Gasteiger partial charge in [-0.15, -0.1) is 0 Å². The number of hydrogen-bond acceptors (Lipinski definition) is 2. The zero-order valence-corrected chi connectivity index (χ0v) is 9.88. The fourth-order valence-electron chi connectivity index (χ4n) is 1.04. The van der Waals surface area contributed by atoms with Gasteiger partial charge in [-0.05, 0) is 38.5 Å². The number of oxime groups is 1. The Kier molecular flexibility index (Phi) is 3.80. The summed E-state index contributed by atoms with van der Waals surface area (Å²) in [6.07, 6.45) is -3.07. The van der Waals surface area contributed by atoms with Crippen LogP contribution >= 0.6 is 0 Å². The molecule has 0 amide bonds. The van der Waals surface area contributed by atoms with Gasteiger partial charge in [-0.2, -0.15) is 13.2 Å². The SMILES string of the molecule is CC(C)(C)ON=Cc1cccc(C(F)(F)F)c1. The maximum atomic E-state index is 12.4. The Morgan fingerprint density at radius 1 is 1.18 bits per heavy atom. The monoisotopic (exact) mass is 245 g/mol. The van der Waals surface area contributed by atoms with Crippen LogP contribution in [0, 0.1) is 0 Å².